The van der Waals surface area contributed by atoms with Gasteiger partial charge in [0.15, 0.2) is 0 Å². The number of aliphatic carboxylic acids is 1. The van der Waals surface area contributed by atoms with Crippen molar-refractivity contribution in [2.24, 2.45) is 5.92 Å². The van der Waals surface area contributed by atoms with Crippen molar-refractivity contribution >= 4 is 11.9 Å². The van der Waals surface area contributed by atoms with Gasteiger partial charge in [0.2, 0.25) is 0 Å². The van der Waals surface area contributed by atoms with E-state index in [0.717, 1.165) is 5.56 Å². The molecule has 110 valence electrons. The molecule has 2 atom stereocenters. The number of carboxylic acid groups (broad SMARTS) is 1. The van der Waals surface area contributed by atoms with Crippen molar-refractivity contribution in [1.29, 1.82) is 0 Å². The summed E-state index contributed by atoms with van der Waals surface area (Å²) in [4.78, 5) is 23.5. The van der Waals surface area contributed by atoms with Crippen LogP contribution in [0.2, 0.25) is 0 Å². The molecule has 5 heteroatoms. The van der Waals surface area contributed by atoms with E-state index < -0.39 is 12.0 Å². The molecule has 0 aliphatic rings. The Labute approximate surface area is 118 Å². The lowest BCUT2D eigenvalue weighted by molar-refractivity contribution is -0.140. The molecule has 0 radical (unpaired) electrons. The van der Waals surface area contributed by atoms with Crippen molar-refractivity contribution in [3.05, 3.63) is 35.4 Å². The van der Waals surface area contributed by atoms with Gasteiger partial charge in [0, 0.05) is 12.7 Å². The van der Waals surface area contributed by atoms with Crippen LogP contribution in [0.3, 0.4) is 0 Å². The van der Waals surface area contributed by atoms with E-state index in [1.807, 2.05) is 13.0 Å². The molecule has 0 aromatic heterocycles. The lowest BCUT2D eigenvalue weighted by atomic mass is 9.98. The topological polar surface area (TPSA) is 75.6 Å². The van der Waals surface area contributed by atoms with Crippen molar-refractivity contribution < 1.29 is 19.4 Å². The molecule has 0 bridgehead atoms. The van der Waals surface area contributed by atoms with Crippen LogP contribution < -0.4 is 5.32 Å². The zero-order chi connectivity index (χ0) is 15.1. The molecule has 0 aliphatic carbocycles. The van der Waals surface area contributed by atoms with Crippen LogP contribution in [-0.2, 0) is 16.1 Å². The standard InChI is InChI=1S/C15H21NO4/c1-4-10(2)13(15(18)19)16-14(17)12-8-6-5-7-11(12)9-20-3/h5-8,10,13H,4,9H2,1-3H3,(H,16,17)(H,18,19)/t10?,13-/m0/s1. The van der Waals surface area contributed by atoms with E-state index in [1.54, 1.807) is 32.2 Å². The van der Waals surface area contributed by atoms with Crippen LogP contribution in [0.25, 0.3) is 0 Å². The van der Waals surface area contributed by atoms with Crippen molar-refractivity contribution in [3.63, 3.8) is 0 Å². The van der Waals surface area contributed by atoms with Gasteiger partial charge in [-0.15, -0.1) is 0 Å². The first kappa shape index (κ1) is 16.2. The molecular weight excluding hydrogens is 258 g/mol. The number of nitrogens with one attached hydrogen (secondary N) is 1. The number of amides is 1. The second kappa shape index (κ2) is 7.65. The number of carbonyl (C=O) groups excluding carboxylic acids is 1. The Kier molecular flexibility index (Phi) is 6.18. The molecule has 0 heterocycles. The molecule has 0 aliphatic heterocycles. The summed E-state index contributed by atoms with van der Waals surface area (Å²) in [7, 11) is 1.55. The van der Waals surface area contributed by atoms with Crippen LogP contribution in [0.1, 0.15) is 36.2 Å². The first-order chi connectivity index (χ1) is 9.51. The molecule has 0 spiro atoms. The average molecular weight is 279 g/mol. The molecule has 1 rings (SSSR count). The number of benzene rings is 1. The van der Waals surface area contributed by atoms with Gasteiger partial charge in [-0.25, -0.2) is 4.79 Å². The fourth-order valence-electron chi connectivity index (χ4n) is 1.93. The Morgan fingerprint density at radius 2 is 2.00 bits per heavy atom. The van der Waals surface area contributed by atoms with Crippen molar-refractivity contribution in [1.82, 2.24) is 5.32 Å². The summed E-state index contributed by atoms with van der Waals surface area (Å²) in [5.41, 5.74) is 1.18. The van der Waals surface area contributed by atoms with Crippen LogP contribution in [0, 0.1) is 5.92 Å². The summed E-state index contributed by atoms with van der Waals surface area (Å²) in [5.74, 6) is -1.53. The highest BCUT2D eigenvalue weighted by molar-refractivity contribution is 5.97. The Balaban J connectivity index is 2.92. The quantitative estimate of drug-likeness (QED) is 0.801. The highest BCUT2D eigenvalue weighted by Gasteiger charge is 2.26. The molecule has 1 amide bonds. The first-order valence-electron chi connectivity index (χ1n) is 6.61. The molecule has 20 heavy (non-hydrogen) atoms. The summed E-state index contributed by atoms with van der Waals surface area (Å²) < 4.78 is 5.04. The SMILES string of the molecule is CCC(C)[C@H](NC(=O)c1ccccc1COC)C(=O)O. The Hall–Kier alpha value is -1.88. The molecule has 0 saturated heterocycles. The van der Waals surface area contributed by atoms with E-state index >= 15 is 0 Å². The van der Waals surface area contributed by atoms with Crippen molar-refractivity contribution in [3.8, 4) is 0 Å². The van der Waals surface area contributed by atoms with E-state index in [9.17, 15) is 14.7 Å². The smallest absolute Gasteiger partial charge is 0.326 e. The minimum atomic E-state index is -1.02. The van der Waals surface area contributed by atoms with E-state index in [1.165, 1.54) is 0 Å². The van der Waals surface area contributed by atoms with E-state index in [-0.39, 0.29) is 11.8 Å². The normalized spacial score (nSPS) is 13.6. The molecule has 5 nitrogen and oxygen atoms in total. The van der Waals surface area contributed by atoms with E-state index in [4.69, 9.17) is 4.74 Å². The summed E-state index contributed by atoms with van der Waals surface area (Å²) in [6, 6.07) is 6.13. The maximum atomic E-state index is 12.2. The number of ether oxygens (including phenoxy) is 1. The van der Waals surface area contributed by atoms with Gasteiger partial charge in [-0.05, 0) is 17.5 Å². The van der Waals surface area contributed by atoms with Crippen LogP contribution in [-0.4, -0.2) is 30.1 Å². The molecule has 2 N–H and O–H groups in total. The zero-order valence-corrected chi connectivity index (χ0v) is 12.1. The van der Waals surface area contributed by atoms with Gasteiger partial charge in [0.1, 0.15) is 6.04 Å². The van der Waals surface area contributed by atoms with Gasteiger partial charge < -0.3 is 15.2 Å². The summed E-state index contributed by atoms with van der Waals surface area (Å²) in [6.45, 7) is 4.01. The number of hydrogen-bond acceptors (Lipinski definition) is 3. The van der Waals surface area contributed by atoms with Gasteiger partial charge in [-0.1, -0.05) is 38.5 Å². The Morgan fingerprint density at radius 3 is 2.55 bits per heavy atom. The number of hydrogen-bond donors (Lipinski definition) is 2. The van der Waals surface area contributed by atoms with Gasteiger partial charge in [-0.2, -0.15) is 0 Å². The summed E-state index contributed by atoms with van der Waals surface area (Å²) in [5, 5.41) is 11.8. The van der Waals surface area contributed by atoms with Crippen LogP contribution in [0.4, 0.5) is 0 Å². The molecule has 1 aromatic rings. The maximum Gasteiger partial charge on any atom is 0.326 e. The molecule has 0 saturated carbocycles. The van der Waals surface area contributed by atoms with Gasteiger partial charge >= 0.3 is 5.97 Å². The molecule has 0 fully saturated rings. The minimum Gasteiger partial charge on any atom is -0.480 e. The molecular formula is C15H21NO4. The zero-order valence-electron chi connectivity index (χ0n) is 12.1. The van der Waals surface area contributed by atoms with Gasteiger partial charge in [0.25, 0.3) is 5.91 Å². The second-order valence-electron chi connectivity index (χ2n) is 4.77. The lowest BCUT2D eigenvalue weighted by Crippen LogP contribution is -2.45. The number of methoxy groups -OCH3 is 1. The monoisotopic (exact) mass is 279 g/mol. The Bertz CT molecular complexity index is 473. The van der Waals surface area contributed by atoms with Crippen molar-refractivity contribution in [2.75, 3.05) is 7.11 Å². The highest BCUT2D eigenvalue weighted by Crippen LogP contribution is 2.13. The maximum absolute atomic E-state index is 12.2. The fourth-order valence-corrected chi connectivity index (χ4v) is 1.93. The third kappa shape index (κ3) is 4.06. The first-order valence-corrected chi connectivity index (χ1v) is 6.61. The minimum absolute atomic E-state index is 0.133. The van der Waals surface area contributed by atoms with Crippen LogP contribution >= 0.6 is 0 Å². The molecule has 1 aromatic carbocycles. The number of carboxylic acids is 1. The summed E-state index contributed by atoms with van der Waals surface area (Å²) in [6.07, 6.45) is 0.678. The third-order valence-electron chi connectivity index (χ3n) is 3.33. The van der Waals surface area contributed by atoms with Crippen molar-refractivity contribution in [2.45, 2.75) is 32.9 Å². The average Bonchev–Trinajstić information content (AvgIpc) is 2.44. The fraction of sp³-hybridized carbons (Fsp3) is 0.467. The number of carbonyl (C=O) groups is 2. The largest absolute Gasteiger partial charge is 0.480 e. The number of rotatable bonds is 7. The highest BCUT2D eigenvalue weighted by atomic mass is 16.5. The van der Waals surface area contributed by atoms with Gasteiger partial charge in [-0.3, -0.25) is 4.79 Å². The second-order valence-corrected chi connectivity index (χ2v) is 4.77. The van der Waals surface area contributed by atoms with Crippen LogP contribution in [0.5, 0.6) is 0 Å². The Morgan fingerprint density at radius 1 is 1.35 bits per heavy atom. The van der Waals surface area contributed by atoms with Gasteiger partial charge in [0.05, 0.1) is 6.61 Å². The molecule has 1 unspecified atom stereocenters. The van der Waals surface area contributed by atoms with E-state index in [0.29, 0.717) is 18.6 Å². The van der Waals surface area contributed by atoms with Crippen LogP contribution in [0.15, 0.2) is 24.3 Å². The van der Waals surface area contributed by atoms with E-state index in [2.05, 4.69) is 5.32 Å². The summed E-state index contributed by atoms with van der Waals surface area (Å²) >= 11 is 0. The third-order valence-corrected chi connectivity index (χ3v) is 3.33. The lowest BCUT2D eigenvalue weighted by Gasteiger charge is -2.20. The predicted octanol–water partition coefficient (Wildman–Crippen LogP) is 2.06. The predicted molar refractivity (Wildman–Crippen MR) is 75.5 cm³/mol.